The van der Waals surface area contributed by atoms with Crippen LogP contribution < -0.4 is 9.47 Å². The van der Waals surface area contributed by atoms with Gasteiger partial charge >= 0.3 is 0 Å². The lowest BCUT2D eigenvalue weighted by molar-refractivity contribution is 0.0672. The maximum atomic E-state index is 14.0. The zero-order valence-electron chi connectivity index (χ0n) is 18.2. The van der Waals surface area contributed by atoms with Gasteiger partial charge in [0.05, 0.1) is 33.5 Å². The highest BCUT2D eigenvalue weighted by atomic mass is 32.2. The lowest BCUT2D eigenvalue weighted by Crippen LogP contribution is -2.45. The molecule has 7 heteroatoms. The van der Waals surface area contributed by atoms with Crippen molar-refractivity contribution in [1.29, 1.82) is 0 Å². The number of rotatable bonds is 6. The highest BCUT2D eigenvalue weighted by Gasteiger charge is 2.35. The Balaban J connectivity index is 1.80. The molecule has 0 radical (unpaired) electrons. The van der Waals surface area contributed by atoms with Crippen molar-refractivity contribution in [3.8, 4) is 11.5 Å². The van der Waals surface area contributed by atoms with Gasteiger partial charge < -0.3 is 14.2 Å². The molecule has 0 spiro atoms. The van der Waals surface area contributed by atoms with E-state index in [4.69, 9.17) is 14.2 Å². The van der Waals surface area contributed by atoms with Crippen LogP contribution >= 0.6 is 0 Å². The van der Waals surface area contributed by atoms with Crippen LogP contribution in [0.1, 0.15) is 16.7 Å². The van der Waals surface area contributed by atoms with Gasteiger partial charge in [-0.1, -0.05) is 48.5 Å². The average molecular weight is 454 g/mol. The lowest BCUT2D eigenvalue weighted by atomic mass is 10.0. The zero-order chi connectivity index (χ0) is 22.6. The Bertz CT molecular complexity index is 1160. The Kier molecular flexibility index (Phi) is 6.79. The third kappa shape index (κ3) is 4.65. The summed E-state index contributed by atoms with van der Waals surface area (Å²) in [5.74, 6) is 0.998. The predicted octanol–water partition coefficient (Wildman–Crippen LogP) is 4.04. The van der Waals surface area contributed by atoms with Gasteiger partial charge in [-0.3, -0.25) is 0 Å². The van der Waals surface area contributed by atoms with E-state index in [0.29, 0.717) is 24.5 Å². The highest BCUT2D eigenvalue weighted by molar-refractivity contribution is 7.89. The molecule has 4 rings (SSSR count). The summed E-state index contributed by atoms with van der Waals surface area (Å²) < 4.78 is 46.2. The van der Waals surface area contributed by atoms with Crippen molar-refractivity contribution >= 4 is 10.0 Å². The Hall–Kier alpha value is -2.87. The van der Waals surface area contributed by atoms with Gasteiger partial charge in [-0.15, -0.1) is 0 Å². The maximum absolute atomic E-state index is 14.0. The van der Waals surface area contributed by atoms with Crippen LogP contribution in [0.3, 0.4) is 0 Å². The van der Waals surface area contributed by atoms with Crippen LogP contribution in [0.25, 0.3) is 0 Å². The lowest BCUT2D eigenvalue weighted by Gasteiger charge is -2.34. The normalized spacial score (nSPS) is 17.1. The Morgan fingerprint density at radius 3 is 2.44 bits per heavy atom. The second-order valence-corrected chi connectivity index (χ2v) is 9.55. The summed E-state index contributed by atoms with van der Waals surface area (Å²) in [6.45, 7) is 0.926. The van der Waals surface area contributed by atoms with Crippen molar-refractivity contribution in [3.05, 3.63) is 89.5 Å². The van der Waals surface area contributed by atoms with Crippen LogP contribution in [-0.4, -0.2) is 39.6 Å². The zero-order valence-corrected chi connectivity index (χ0v) is 19.0. The van der Waals surface area contributed by atoms with Gasteiger partial charge in [0.1, 0.15) is 16.4 Å². The fraction of sp³-hybridized carbons (Fsp3) is 0.280. The van der Waals surface area contributed by atoms with Crippen molar-refractivity contribution in [2.24, 2.45) is 0 Å². The van der Waals surface area contributed by atoms with Gasteiger partial charge in [-0.05, 0) is 47.4 Å². The molecular weight excluding hydrogens is 426 g/mol. The van der Waals surface area contributed by atoms with E-state index in [-0.39, 0.29) is 24.1 Å². The van der Waals surface area contributed by atoms with Gasteiger partial charge in [0.25, 0.3) is 0 Å². The number of para-hydroxylation sites is 1. The topological polar surface area (TPSA) is 65.1 Å². The minimum atomic E-state index is -3.89. The first-order valence-corrected chi connectivity index (χ1v) is 11.9. The van der Waals surface area contributed by atoms with Crippen molar-refractivity contribution in [1.82, 2.24) is 4.31 Å². The van der Waals surface area contributed by atoms with Crippen molar-refractivity contribution in [2.75, 3.05) is 20.8 Å². The summed E-state index contributed by atoms with van der Waals surface area (Å²) in [7, 11) is -0.810. The summed E-state index contributed by atoms with van der Waals surface area (Å²) in [5, 5.41) is 0. The summed E-state index contributed by atoms with van der Waals surface area (Å²) in [6.07, 6.45) is 0.536. The van der Waals surface area contributed by atoms with Gasteiger partial charge in [-0.25, -0.2) is 8.42 Å². The molecule has 0 fully saturated rings. The summed E-state index contributed by atoms with van der Waals surface area (Å²) in [5.41, 5.74) is 2.86. The smallest absolute Gasteiger partial charge is 0.247 e. The third-order valence-electron chi connectivity index (χ3n) is 5.68. The van der Waals surface area contributed by atoms with Gasteiger partial charge in [0.15, 0.2) is 0 Å². The fourth-order valence-electron chi connectivity index (χ4n) is 3.99. The van der Waals surface area contributed by atoms with Crippen molar-refractivity contribution in [3.63, 3.8) is 0 Å². The second-order valence-electron chi connectivity index (χ2n) is 7.69. The van der Waals surface area contributed by atoms with E-state index in [1.807, 2.05) is 48.5 Å². The Labute approximate surface area is 189 Å². The molecule has 1 unspecified atom stereocenters. The first-order chi connectivity index (χ1) is 15.5. The molecule has 1 aliphatic heterocycles. The minimum absolute atomic E-state index is 0.144. The first-order valence-electron chi connectivity index (χ1n) is 10.4. The van der Waals surface area contributed by atoms with Crippen molar-refractivity contribution in [2.45, 2.75) is 30.5 Å². The predicted molar refractivity (Wildman–Crippen MR) is 122 cm³/mol. The molecule has 0 bridgehead atoms. The SMILES string of the molecule is COc1ccc2c(c1)CN(S(=O)(=O)c1ccccc1OC)C(Cc1ccccc1)COC2. The van der Waals surface area contributed by atoms with Gasteiger partial charge in [0, 0.05) is 6.54 Å². The third-order valence-corrected chi connectivity index (χ3v) is 7.62. The highest BCUT2D eigenvalue weighted by Crippen LogP contribution is 2.32. The summed E-state index contributed by atoms with van der Waals surface area (Å²) in [6, 6.07) is 21.9. The van der Waals surface area contributed by atoms with E-state index in [1.54, 1.807) is 31.4 Å². The molecule has 0 saturated carbocycles. The quantitative estimate of drug-likeness (QED) is 0.564. The van der Waals surface area contributed by atoms with Crippen LogP contribution in [0.4, 0.5) is 0 Å². The van der Waals surface area contributed by atoms with E-state index < -0.39 is 10.0 Å². The number of nitrogens with zero attached hydrogens (tertiary/aromatic N) is 1. The molecule has 0 aromatic heterocycles. The molecule has 32 heavy (non-hydrogen) atoms. The molecule has 3 aromatic rings. The molecule has 0 saturated heterocycles. The van der Waals surface area contributed by atoms with E-state index in [2.05, 4.69) is 0 Å². The maximum Gasteiger partial charge on any atom is 0.247 e. The summed E-state index contributed by atoms with van der Waals surface area (Å²) >= 11 is 0. The molecule has 6 nitrogen and oxygen atoms in total. The first kappa shape index (κ1) is 22.3. The molecule has 3 aromatic carbocycles. The van der Waals surface area contributed by atoms with Gasteiger partial charge in [-0.2, -0.15) is 4.31 Å². The fourth-order valence-corrected chi connectivity index (χ4v) is 5.73. The van der Waals surface area contributed by atoms with E-state index in [0.717, 1.165) is 16.7 Å². The molecule has 1 atom stereocenters. The largest absolute Gasteiger partial charge is 0.497 e. The molecule has 1 heterocycles. The number of fused-ring (bicyclic) bond motifs is 1. The number of methoxy groups -OCH3 is 2. The van der Waals surface area contributed by atoms with E-state index >= 15 is 0 Å². The molecule has 168 valence electrons. The van der Waals surface area contributed by atoms with E-state index in [9.17, 15) is 8.42 Å². The Morgan fingerprint density at radius 2 is 1.69 bits per heavy atom. The Morgan fingerprint density at radius 1 is 0.938 bits per heavy atom. The second kappa shape index (κ2) is 9.73. The van der Waals surface area contributed by atoms with Crippen LogP contribution in [0.2, 0.25) is 0 Å². The molecular formula is C25H27NO5S. The average Bonchev–Trinajstić information content (AvgIpc) is 2.81. The van der Waals surface area contributed by atoms with Crippen LogP contribution in [0, 0.1) is 0 Å². The van der Waals surface area contributed by atoms with Crippen LogP contribution in [0.5, 0.6) is 11.5 Å². The number of benzene rings is 3. The number of hydrogen-bond donors (Lipinski definition) is 0. The molecule has 0 amide bonds. The number of ether oxygens (including phenoxy) is 3. The minimum Gasteiger partial charge on any atom is -0.497 e. The van der Waals surface area contributed by atoms with Crippen LogP contribution in [-0.2, 0) is 34.3 Å². The number of sulfonamides is 1. The van der Waals surface area contributed by atoms with Gasteiger partial charge in [0.2, 0.25) is 10.0 Å². The van der Waals surface area contributed by atoms with Crippen LogP contribution in [0.15, 0.2) is 77.7 Å². The van der Waals surface area contributed by atoms with Crippen molar-refractivity contribution < 1.29 is 22.6 Å². The monoisotopic (exact) mass is 453 g/mol. The number of hydrogen-bond acceptors (Lipinski definition) is 5. The molecule has 1 aliphatic rings. The molecule has 0 N–H and O–H groups in total. The summed E-state index contributed by atoms with van der Waals surface area (Å²) in [4.78, 5) is 0.144. The van der Waals surface area contributed by atoms with E-state index in [1.165, 1.54) is 11.4 Å². The standard InChI is InChI=1S/C25H27NO5S/c1-29-23-13-12-20-17-31-18-22(14-19-8-4-3-5-9-19)26(16-21(20)15-23)32(27,28)25-11-7-6-10-24(25)30-2/h3-13,15,22H,14,16-18H2,1-2H3. The molecule has 0 aliphatic carbocycles.